The number of hydrogen-bond donors (Lipinski definition) is 1. The van der Waals surface area contributed by atoms with Crippen LogP contribution in [0.2, 0.25) is 10.0 Å². The van der Waals surface area contributed by atoms with Gasteiger partial charge in [-0.05, 0) is 6.07 Å². The van der Waals surface area contributed by atoms with Gasteiger partial charge in [-0.25, -0.2) is 4.98 Å². The van der Waals surface area contributed by atoms with Gasteiger partial charge in [0.15, 0.2) is 0 Å². The largest absolute Gasteiger partial charge is 0.380 e. The normalized spacial score (nSPS) is 23.4. The molecule has 1 aromatic heterocycles. The molecule has 0 saturated carbocycles. The van der Waals surface area contributed by atoms with E-state index in [4.69, 9.17) is 33.7 Å². The molecule has 0 bridgehead atoms. The molecule has 0 radical (unpaired) electrons. The van der Waals surface area contributed by atoms with Crippen LogP contribution in [0, 0.1) is 0 Å². The number of pyridine rings is 1. The maximum Gasteiger partial charge on any atom is 0.240 e. The maximum absolute atomic E-state index is 11.5. The summed E-state index contributed by atoms with van der Waals surface area (Å²) >= 11 is 11.9. The monoisotopic (exact) mass is 289 g/mol. The average Bonchev–Trinajstić information content (AvgIpc) is 2.73. The van der Waals surface area contributed by atoms with Crippen LogP contribution >= 0.6 is 23.2 Å². The van der Waals surface area contributed by atoms with Crippen LogP contribution in [-0.2, 0) is 9.53 Å². The third-order valence-corrected chi connectivity index (χ3v) is 3.47. The SMILES string of the molecule is CO[C@H]1C[C@@H](C(N)=O)N(c2ncc(Cl)cc2Cl)C1. The van der Waals surface area contributed by atoms with Crippen molar-refractivity contribution in [2.45, 2.75) is 18.6 Å². The summed E-state index contributed by atoms with van der Waals surface area (Å²) in [5, 5.41) is 0.840. The van der Waals surface area contributed by atoms with Crippen molar-refractivity contribution >= 4 is 34.9 Å². The fraction of sp³-hybridized carbons (Fsp3) is 0.455. The lowest BCUT2D eigenvalue weighted by Gasteiger charge is -2.23. The van der Waals surface area contributed by atoms with Crippen molar-refractivity contribution in [1.82, 2.24) is 4.98 Å². The molecule has 1 aliphatic rings. The molecular weight excluding hydrogens is 277 g/mol. The fourth-order valence-electron chi connectivity index (χ4n) is 2.09. The van der Waals surface area contributed by atoms with Crippen LogP contribution in [0.4, 0.5) is 5.82 Å². The molecular formula is C11H13Cl2N3O2. The van der Waals surface area contributed by atoms with Gasteiger partial charge in [0.05, 0.1) is 16.1 Å². The molecule has 1 aromatic rings. The van der Waals surface area contributed by atoms with Gasteiger partial charge in [0.2, 0.25) is 5.91 Å². The topological polar surface area (TPSA) is 68.5 Å². The smallest absolute Gasteiger partial charge is 0.240 e. The van der Waals surface area contributed by atoms with Crippen molar-refractivity contribution in [3.8, 4) is 0 Å². The first-order chi connectivity index (χ1) is 8.52. The second kappa shape index (κ2) is 5.30. The van der Waals surface area contributed by atoms with Crippen molar-refractivity contribution in [3.63, 3.8) is 0 Å². The summed E-state index contributed by atoms with van der Waals surface area (Å²) in [6, 6.07) is 1.13. The van der Waals surface area contributed by atoms with Gasteiger partial charge in [-0.1, -0.05) is 23.2 Å². The average molecular weight is 290 g/mol. The molecule has 98 valence electrons. The van der Waals surface area contributed by atoms with Gasteiger partial charge in [-0.2, -0.15) is 0 Å². The predicted molar refractivity (Wildman–Crippen MR) is 70.0 cm³/mol. The lowest BCUT2D eigenvalue weighted by atomic mass is 10.2. The van der Waals surface area contributed by atoms with E-state index < -0.39 is 11.9 Å². The Bertz CT molecular complexity index is 470. The number of rotatable bonds is 3. The fourth-order valence-corrected chi connectivity index (χ4v) is 2.58. The van der Waals surface area contributed by atoms with Crippen LogP contribution in [-0.4, -0.2) is 36.7 Å². The van der Waals surface area contributed by atoms with Crippen LogP contribution in [0.25, 0.3) is 0 Å². The van der Waals surface area contributed by atoms with Gasteiger partial charge >= 0.3 is 0 Å². The van der Waals surface area contributed by atoms with Gasteiger partial charge in [0, 0.05) is 26.3 Å². The molecule has 1 amide bonds. The van der Waals surface area contributed by atoms with Crippen LogP contribution in [0.5, 0.6) is 0 Å². The van der Waals surface area contributed by atoms with Crippen LogP contribution in [0.3, 0.4) is 0 Å². The molecule has 18 heavy (non-hydrogen) atoms. The minimum Gasteiger partial charge on any atom is -0.380 e. The zero-order valence-electron chi connectivity index (χ0n) is 9.77. The molecule has 2 heterocycles. The zero-order chi connectivity index (χ0) is 13.3. The van der Waals surface area contributed by atoms with E-state index in [1.165, 1.54) is 6.20 Å². The summed E-state index contributed by atoms with van der Waals surface area (Å²) < 4.78 is 5.26. The number of anilines is 1. The second-order valence-corrected chi connectivity index (χ2v) is 4.97. The molecule has 2 rings (SSSR count). The van der Waals surface area contributed by atoms with Crippen LogP contribution in [0.15, 0.2) is 12.3 Å². The van der Waals surface area contributed by atoms with Crippen LogP contribution in [0.1, 0.15) is 6.42 Å². The Balaban J connectivity index is 2.32. The first-order valence-electron chi connectivity index (χ1n) is 5.42. The van der Waals surface area contributed by atoms with E-state index in [2.05, 4.69) is 4.98 Å². The Hall–Kier alpha value is -1.04. The maximum atomic E-state index is 11.5. The van der Waals surface area contributed by atoms with Gasteiger partial charge in [0.1, 0.15) is 11.9 Å². The van der Waals surface area contributed by atoms with Gasteiger partial charge < -0.3 is 15.4 Å². The highest BCUT2D eigenvalue weighted by Crippen LogP contribution is 2.32. The Labute approximate surface area is 115 Å². The van der Waals surface area contributed by atoms with E-state index in [9.17, 15) is 4.79 Å². The summed E-state index contributed by atoms with van der Waals surface area (Å²) in [4.78, 5) is 17.4. The number of hydrogen-bond acceptors (Lipinski definition) is 4. The number of nitrogens with two attached hydrogens (primary N) is 1. The number of ether oxygens (including phenoxy) is 1. The van der Waals surface area contributed by atoms with E-state index >= 15 is 0 Å². The van der Waals surface area contributed by atoms with E-state index in [1.54, 1.807) is 18.1 Å². The van der Waals surface area contributed by atoms with Crippen LogP contribution < -0.4 is 10.6 Å². The minimum absolute atomic E-state index is 0.0592. The minimum atomic E-state index is -0.457. The highest BCUT2D eigenvalue weighted by molar-refractivity contribution is 6.36. The van der Waals surface area contributed by atoms with Crippen molar-refractivity contribution < 1.29 is 9.53 Å². The summed E-state index contributed by atoms with van der Waals surface area (Å²) in [6.07, 6.45) is 1.96. The number of primary amides is 1. The first-order valence-corrected chi connectivity index (χ1v) is 6.18. The lowest BCUT2D eigenvalue weighted by Crippen LogP contribution is -2.40. The standard InChI is InChI=1S/C11H13Cl2N3O2/c1-18-7-3-9(10(14)17)16(5-7)11-8(13)2-6(12)4-15-11/h2,4,7,9H,3,5H2,1H3,(H2,14,17)/t7-,9-/m0/s1. The molecule has 0 unspecified atom stereocenters. The number of carbonyl (C=O) groups excluding carboxylic acids is 1. The lowest BCUT2D eigenvalue weighted by molar-refractivity contribution is -0.119. The number of carbonyl (C=O) groups is 1. The summed E-state index contributed by atoms with van der Waals surface area (Å²) in [6.45, 7) is 0.526. The van der Waals surface area contributed by atoms with Gasteiger partial charge in [0.25, 0.3) is 0 Å². The number of nitrogens with zero attached hydrogens (tertiary/aromatic N) is 2. The Morgan fingerprint density at radius 2 is 2.33 bits per heavy atom. The third-order valence-electron chi connectivity index (χ3n) is 2.98. The van der Waals surface area contributed by atoms with Crippen molar-refractivity contribution in [1.29, 1.82) is 0 Å². The van der Waals surface area contributed by atoms with E-state index in [0.717, 1.165) is 0 Å². The van der Waals surface area contributed by atoms with Crippen molar-refractivity contribution in [3.05, 3.63) is 22.3 Å². The molecule has 5 nitrogen and oxygen atoms in total. The summed E-state index contributed by atoms with van der Waals surface area (Å²) in [7, 11) is 1.60. The Kier molecular flexibility index (Phi) is 3.94. The number of halogens is 2. The number of methoxy groups -OCH3 is 1. The molecule has 7 heteroatoms. The molecule has 0 spiro atoms. The predicted octanol–water partition coefficient (Wildman–Crippen LogP) is 1.47. The molecule has 1 aliphatic heterocycles. The number of aromatic nitrogens is 1. The summed E-state index contributed by atoms with van der Waals surface area (Å²) in [5.74, 6) is 0.0896. The zero-order valence-corrected chi connectivity index (χ0v) is 11.3. The molecule has 2 atom stereocenters. The van der Waals surface area contributed by atoms with E-state index in [0.29, 0.717) is 28.8 Å². The van der Waals surface area contributed by atoms with Crippen molar-refractivity contribution in [2.24, 2.45) is 5.73 Å². The Morgan fingerprint density at radius 1 is 1.61 bits per heavy atom. The highest BCUT2D eigenvalue weighted by Gasteiger charge is 2.37. The Morgan fingerprint density at radius 3 is 2.89 bits per heavy atom. The molecule has 1 fully saturated rings. The first kappa shape index (κ1) is 13.4. The van der Waals surface area contributed by atoms with Crippen molar-refractivity contribution in [2.75, 3.05) is 18.6 Å². The molecule has 0 aromatic carbocycles. The highest BCUT2D eigenvalue weighted by atomic mass is 35.5. The molecule has 2 N–H and O–H groups in total. The van der Waals surface area contributed by atoms with E-state index in [-0.39, 0.29) is 6.10 Å². The number of amides is 1. The third kappa shape index (κ3) is 2.53. The second-order valence-electron chi connectivity index (χ2n) is 4.12. The quantitative estimate of drug-likeness (QED) is 0.915. The summed E-state index contributed by atoms with van der Waals surface area (Å²) in [5.41, 5.74) is 5.39. The molecule has 0 aliphatic carbocycles. The van der Waals surface area contributed by atoms with Gasteiger partial charge in [-0.15, -0.1) is 0 Å². The molecule has 1 saturated heterocycles. The van der Waals surface area contributed by atoms with Gasteiger partial charge in [-0.3, -0.25) is 4.79 Å². The van der Waals surface area contributed by atoms with E-state index in [1.807, 2.05) is 0 Å².